The summed E-state index contributed by atoms with van der Waals surface area (Å²) in [5.41, 5.74) is 2.31. The smallest absolute Gasteiger partial charge is 0.270 e. The number of carbonyl (C=O) groups excluding carboxylic acids is 2. The molecule has 4 rings (SSSR count). The summed E-state index contributed by atoms with van der Waals surface area (Å²) in [4.78, 5) is 26.8. The van der Waals surface area contributed by atoms with Crippen LogP contribution in [-0.2, 0) is 16.6 Å². The second-order valence-electron chi connectivity index (χ2n) is 6.15. The maximum atomic E-state index is 13.1. The van der Waals surface area contributed by atoms with E-state index in [0.717, 1.165) is 16.5 Å². The van der Waals surface area contributed by atoms with Crippen molar-refractivity contribution in [3.63, 3.8) is 0 Å². The first kappa shape index (κ1) is 17.5. The number of anilines is 1. The number of halogens is 1. The van der Waals surface area contributed by atoms with Crippen LogP contribution in [0.25, 0.3) is 17.0 Å². The van der Waals surface area contributed by atoms with Gasteiger partial charge in [-0.3, -0.25) is 19.8 Å². The zero-order valence-corrected chi connectivity index (χ0v) is 15.8. The predicted octanol–water partition coefficient (Wildman–Crippen LogP) is 3.66. The third-order valence-electron chi connectivity index (χ3n) is 4.40. The summed E-state index contributed by atoms with van der Waals surface area (Å²) in [6.07, 6.45) is 3.48. The Kier molecular flexibility index (Phi) is 4.30. The number of aryl methyl sites for hydroxylation is 1. The normalized spacial score (nSPS) is 16.3. The first-order chi connectivity index (χ1) is 13.0. The number of para-hydroxylation sites is 1. The minimum Gasteiger partial charge on any atom is -0.350 e. The van der Waals surface area contributed by atoms with E-state index in [-0.39, 0.29) is 10.7 Å². The van der Waals surface area contributed by atoms with E-state index in [1.165, 1.54) is 4.90 Å². The molecule has 0 radical (unpaired) electrons. The Hall–Kier alpha value is -2.96. The Morgan fingerprint density at radius 1 is 1.11 bits per heavy atom. The molecular weight excluding hydrogens is 382 g/mol. The highest BCUT2D eigenvalue weighted by atomic mass is 35.5. The standard InChI is InChI=1S/C20H14ClN3O2S/c1-23-11-12(15-7-2-3-8-17(15)23)9-16-18(25)22-20(27)24(19(16)26)14-6-4-5-13(21)10-14/h2-11H,1H3,(H,22,25,27)/b16-9-. The average Bonchev–Trinajstić information content (AvgIpc) is 2.95. The van der Waals surface area contributed by atoms with E-state index in [4.69, 9.17) is 23.8 Å². The topological polar surface area (TPSA) is 54.3 Å². The van der Waals surface area contributed by atoms with Gasteiger partial charge in [-0.05, 0) is 42.6 Å². The van der Waals surface area contributed by atoms with Crippen LogP contribution in [0.3, 0.4) is 0 Å². The van der Waals surface area contributed by atoms with E-state index in [1.807, 2.05) is 42.1 Å². The number of hydrogen-bond donors (Lipinski definition) is 1. The van der Waals surface area contributed by atoms with Gasteiger partial charge in [-0.15, -0.1) is 0 Å². The van der Waals surface area contributed by atoms with Gasteiger partial charge >= 0.3 is 0 Å². The minimum absolute atomic E-state index is 0.0138. The summed E-state index contributed by atoms with van der Waals surface area (Å²) in [7, 11) is 1.92. The number of thiocarbonyl (C=S) groups is 1. The van der Waals surface area contributed by atoms with Crippen LogP contribution in [0, 0.1) is 0 Å². The molecule has 0 aliphatic carbocycles. The fraction of sp³-hybridized carbons (Fsp3) is 0.0500. The Bertz CT molecular complexity index is 1150. The molecule has 134 valence electrons. The molecule has 2 aromatic carbocycles. The minimum atomic E-state index is -0.517. The molecule has 0 spiro atoms. The molecule has 0 atom stereocenters. The molecule has 1 aliphatic heterocycles. The van der Waals surface area contributed by atoms with Crippen molar-refractivity contribution in [2.45, 2.75) is 0 Å². The molecule has 1 fully saturated rings. The lowest BCUT2D eigenvalue weighted by atomic mass is 10.1. The van der Waals surface area contributed by atoms with Crippen molar-refractivity contribution < 1.29 is 9.59 Å². The number of carbonyl (C=O) groups is 2. The first-order valence-electron chi connectivity index (χ1n) is 8.17. The summed E-state index contributed by atoms with van der Waals surface area (Å²) in [6, 6.07) is 14.5. The van der Waals surface area contributed by atoms with Crippen molar-refractivity contribution in [3.05, 3.63) is 70.9 Å². The van der Waals surface area contributed by atoms with Crippen LogP contribution >= 0.6 is 23.8 Å². The average molecular weight is 396 g/mol. The molecule has 0 saturated carbocycles. The number of rotatable bonds is 2. The molecule has 0 bridgehead atoms. The van der Waals surface area contributed by atoms with Gasteiger partial charge in [-0.25, -0.2) is 0 Å². The van der Waals surface area contributed by atoms with Crippen LogP contribution in [0.1, 0.15) is 5.56 Å². The summed E-state index contributed by atoms with van der Waals surface area (Å²) in [5, 5.41) is 4.04. The highest BCUT2D eigenvalue weighted by molar-refractivity contribution is 7.80. The third-order valence-corrected chi connectivity index (χ3v) is 4.92. The second-order valence-corrected chi connectivity index (χ2v) is 6.97. The van der Waals surface area contributed by atoms with Crippen LogP contribution in [0.5, 0.6) is 0 Å². The van der Waals surface area contributed by atoms with E-state index in [0.29, 0.717) is 10.7 Å². The summed E-state index contributed by atoms with van der Waals surface area (Å²) in [5.74, 6) is -1.00. The Balaban J connectivity index is 1.82. The lowest BCUT2D eigenvalue weighted by Gasteiger charge is -2.29. The van der Waals surface area contributed by atoms with Crippen LogP contribution in [0.2, 0.25) is 5.02 Å². The quantitative estimate of drug-likeness (QED) is 0.409. The fourth-order valence-electron chi connectivity index (χ4n) is 3.15. The molecule has 5 nitrogen and oxygen atoms in total. The SMILES string of the molecule is Cn1cc(/C=C2/C(=O)NC(=S)N(c3cccc(Cl)c3)C2=O)c2ccccc21. The molecule has 1 N–H and O–H groups in total. The lowest BCUT2D eigenvalue weighted by Crippen LogP contribution is -2.54. The number of nitrogens with zero attached hydrogens (tertiary/aromatic N) is 2. The Morgan fingerprint density at radius 3 is 2.67 bits per heavy atom. The van der Waals surface area contributed by atoms with Gasteiger partial charge in [0.1, 0.15) is 5.57 Å². The lowest BCUT2D eigenvalue weighted by molar-refractivity contribution is -0.122. The van der Waals surface area contributed by atoms with Gasteiger partial charge < -0.3 is 4.57 Å². The van der Waals surface area contributed by atoms with Crippen molar-refractivity contribution in [3.8, 4) is 0 Å². The molecule has 1 aromatic heterocycles. The van der Waals surface area contributed by atoms with Gasteiger partial charge in [0, 0.05) is 34.7 Å². The van der Waals surface area contributed by atoms with Crippen molar-refractivity contribution in [2.24, 2.45) is 7.05 Å². The predicted molar refractivity (Wildman–Crippen MR) is 111 cm³/mol. The van der Waals surface area contributed by atoms with Crippen LogP contribution < -0.4 is 10.2 Å². The molecule has 7 heteroatoms. The van der Waals surface area contributed by atoms with Gasteiger partial charge in [0.15, 0.2) is 5.11 Å². The number of aromatic nitrogens is 1. The highest BCUT2D eigenvalue weighted by Crippen LogP contribution is 2.27. The third kappa shape index (κ3) is 3.03. The number of benzene rings is 2. The molecule has 1 aliphatic rings. The van der Waals surface area contributed by atoms with Crippen molar-refractivity contribution in [2.75, 3.05) is 4.90 Å². The van der Waals surface area contributed by atoms with E-state index < -0.39 is 11.8 Å². The van der Waals surface area contributed by atoms with Gasteiger partial charge in [0.25, 0.3) is 11.8 Å². The molecule has 0 unspecified atom stereocenters. The van der Waals surface area contributed by atoms with E-state index in [2.05, 4.69) is 5.32 Å². The summed E-state index contributed by atoms with van der Waals surface area (Å²) >= 11 is 11.2. The number of hydrogen-bond acceptors (Lipinski definition) is 3. The molecule has 1 saturated heterocycles. The zero-order chi connectivity index (χ0) is 19.1. The fourth-order valence-corrected chi connectivity index (χ4v) is 3.62. The summed E-state index contributed by atoms with van der Waals surface area (Å²) < 4.78 is 1.95. The van der Waals surface area contributed by atoms with Gasteiger partial charge in [0.2, 0.25) is 0 Å². The number of nitrogens with one attached hydrogen (secondary N) is 1. The van der Waals surface area contributed by atoms with Crippen molar-refractivity contribution in [1.82, 2.24) is 9.88 Å². The van der Waals surface area contributed by atoms with Gasteiger partial charge in [-0.2, -0.15) is 0 Å². The monoisotopic (exact) mass is 395 g/mol. The van der Waals surface area contributed by atoms with Gasteiger partial charge in [0.05, 0.1) is 5.69 Å². The summed E-state index contributed by atoms with van der Waals surface area (Å²) in [6.45, 7) is 0. The molecule has 3 aromatic rings. The van der Waals surface area contributed by atoms with Crippen LogP contribution in [0.15, 0.2) is 60.3 Å². The van der Waals surface area contributed by atoms with Crippen molar-refractivity contribution >= 4 is 63.4 Å². The van der Waals surface area contributed by atoms with E-state index in [1.54, 1.807) is 30.3 Å². The maximum Gasteiger partial charge on any atom is 0.270 e. The molecular formula is C20H14ClN3O2S. The van der Waals surface area contributed by atoms with E-state index >= 15 is 0 Å². The highest BCUT2D eigenvalue weighted by Gasteiger charge is 2.34. The maximum absolute atomic E-state index is 13.1. The largest absolute Gasteiger partial charge is 0.350 e. The Morgan fingerprint density at radius 2 is 1.89 bits per heavy atom. The molecule has 2 heterocycles. The molecule has 2 amide bonds. The van der Waals surface area contributed by atoms with Gasteiger partial charge in [-0.1, -0.05) is 35.9 Å². The Labute approximate surface area is 165 Å². The van der Waals surface area contributed by atoms with E-state index in [9.17, 15) is 9.59 Å². The second kappa shape index (κ2) is 6.64. The van der Waals surface area contributed by atoms with Crippen molar-refractivity contribution in [1.29, 1.82) is 0 Å². The van der Waals surface area contributed by atoms with Crippen LogP contribution in [0.4, 0.5) is 5.69 Å². The number of amides is 2. The van der Waals surface area contributed by atoms with Crippen LogP contribution in [-0.4, -0.2) is 21.5 Å². The molecule has 27 heavy (non-hydrogen) atoms. The first-order valence-corrected chi connectivity index (χ1v) is 8.95. The zero-order valence-electron chi connectivity index (χ0n) is 14.3. The number of fused-ring (bicyclic) bond motifs is 1.